The minimum atomic E-state index is -1.10. The van der Waals surface area contributed by atoms with E-state index in [1.807, 2.05) is 0 Å². The van der Waals surface area contributed by atoms with Crippen LogP contribution in [0.5, 0.6) is 0 Å². The average Bonchev–Trinajstić information content (AvgIpc) is 3.15. The molecular formula is C24H25N3O7. The lowest BCUT2D eigenvalue weighted by molar-refractivity contribution is -0.384. The van der Waals surface area contributed by atoms with Gasteiger partial charge in [0.15, 0.2) is 0 Å². The minimum Gasteiger partial charge on any atom is -0.467 e. The first-order valence-electron chi connectivity index (χ1n) is 10.5. The zero-order valence-electron chi connectivity index (χ0n) is 19.2. The second kappa shape index (κ2) is 9.74. The number of nitrogens with zero attached hydrogens (tertiary/aromatic N) is 2. The van der Waals surface area contributed by atoms with Gasteiger partial charge >= 0.3 is 12.1 Å². The topological polar surface area (TPSA) is 130 Å². The summed E-state index contributed by atoms with van der Waals surface area (Å²) in [6.45, 7) is 5.27. The minimum absolute atomic E-state index is 0.0175. The Kier molecular flexibility index (Phi) is 7.00. The molecule has 3 aromatic rings. The number of ether oxygens (including phenoxy) is 2. The van der Waals surface area contributed by atoms with Crippen molar-refractivity contribution < 1.29 is 28.8 Å². The molecule has 10 nitrogen and oxygen atoms in total. The van der Waals surface area contributed by atoms with Gasteiger partial charge in [0, 0.05) is 35.7 Å². The Hall–Kier alpha value is -4.21. The molecule has 10 heteroatoms. The molecule has 0 unspecified atom stereocenters. The summed E-state index contributed by atoms with van der Waals surface area (Å²) in [7, 11) is 1.19. The Labute approximate surface area is 195 Å². The number of non-ortho nitro benzene ring substituents is 1. The van der Waals surface area contributed by atoms with Gasteiger partial charge in [-0.3, -0.25) is 19.5 Å². The fourth-order valence-corrected chi connectivity index (χ4v) is 3.43. The quantitative estimate of drug-likeness (QED) is 0.331. The Morgan fingerprint density at radius 1 is 1.12 bits per heavy atom. The summed E-state index contributed by atoms with van der Waals surface area (Å²) in [6.07, 6.45) is 1.00. The van der Waals surface area contributed by atoms with Gasteiger partial charge in [0.05, 0.1) is 17.5 Å². The maximum atomic E-state index is 12.8. The zero-order chi connectivity index (χ0) is 25.0. The molecule has 0 aliphatic rings. The first-order valence-corrected chi connectivity index (χ1v) is 10.5. The van der Waals surface area contributed by atoms with Gasteiger partial charge in [-0.1, -0.05) is 24.3 Å². The summed E-state index contributed by atoms with van der Waals surface area (Å²) in [4.78, 5) is 48.4. The van der Waals surface area contributed by atoms with Crippen molar-refractivity contribution in [1.29, 1.82) is 0 Å². The number of nitrogens with one attached hydrogen (secondary N) is 1. The summed E-state index contributed by atoms with van der Waals surface area (Å²) in [6, 6.07) is 11.2. The number of aromatic nitrogens is 1. The van der Waals surface area contributed by atoms with Crippen molar-refractivity contribution in [3.05, 3.63) is 76.0 Å². The summed E-state index contributed by atoms with van der Waals surface area (Å²) >= 11 is 0. The van der Waals surface area contributed by atoms with Crippen LogP contribution in [0.1, 0.15) is 36.7 Å². The summed E-state index contributed by atoms with van der Waals surface area (Å²) in [5.41, 5.74) is 0.266. The van der Waals surface area contributed by atoms with Crippen molar-refractivity contribution in [2.75, 3.05) is 7.11 Å². The van der Waals surface area contributed by atoms with Gasteiger partial charge in [-0.2, -0.15) is 0 Å². The molecule has 34 heavy (non-hydrogen) atoms. The third kappa shape index (κ3) is 5.58. The van der Waals surface area contributed by atoms with Crippen LogP contribution >= 0.6 is 0 Å². The number of para-hydroxylation sites is 1. The van der Waals surface area contributed by atoms with Gasteiger partial charge in [0.2, 0.25) is 0 Å². The van der Waals surface area contributed by atoms with Crippen molar-refractivity contribution in [2.24, 2.45) is 0 Å². The van der Waals surface area contributed by atoms with Crippen LogP contribution in [0.2, 0.25) is 0 Å². The molecular weight excluding hydrogens is 442 g/mol. The van der Waals surface area contributed by atoms with Crippen LogP contribution in [0.3, 0.4) is 0 Å². The predicted molar refractivity (Wildman–Crippen MR) is 124 cm³/mol. The summed E-state index contributed by atoms with van der Waals surface area (Å²) < 4.78 is 11.7. The fourth-order valence-electron chi connectivity index (χ4n) is 3.43. The number of nitro benzene ring substituents is 1. The van der Waals surface area contributed by atoms with E-state index < -0.39 is 34.5 Å². The molecule has 0 aliphatic carbocycles. The van der Waals surface area contributed by atoms with E-state index in [9.17, 15) is 24.5 Å². The number of carbonyl (C=O) groups is 3. The molecule has 178 valence electrons. The van der Waals surface area contributed by atoms with E-state index >= 15 is 0 Å². The van der Waals surface area contributed by atoms with Crippen molar-refractivity contribution in [3.8, 4) is 0 Å². The van der Waals surface area contributed by atoms with E-state index in [2.05, 4.69) is 5.32 Å². The van der Waals surface area contributed by atoms with E-state index in [4.69, 9.17) is 9.47 Å². The van der Waals surface area contributed by atoms with Gasteiger partial charge in [0.1, 0.15) is 11.6 Å². The monoisotopic (exact) mass is 467 g/mol. The van der Waals surface area contributed by atoms with Crippen LogP contribution in [-0.2, 0) is 20.7 Å². The molecule has 1 amide bonds. The fraction of sp³-hybridized carbons (Fsp3) is 0.292. The molecule has 1 heterocycles. The van der Waals surface area contributed by atoms with Crippen LogP contribution in [0.4, 0.5) is 10.5 Å². The van der Waals surface area contributed by atoms with E-state index in [-0.39, 0.29) is 17.7 Å². The first kappa shape index (κ1) is 24.4. The van der Waals surface area contributed by atoms with Crippen molar-refractivity contribution in [1.82, 2.24) is 9.88 Å². The normalized spacial score (nSPS) is 12.1. The summed E-state index contributed by atoms with van der Waals surface area (Å²) in [5, 5.41) is 14.3. The van der Waals surface area contributed by atoms with Crippen LogP contribution in [0, 0.1) is 10.1 Å². The van der Waals surface area contributed by atoms with Crippen molar-refractivity contribution in [2.45, 2.75) is 38.8 Å². The molecule has 0 spiro atoms. The van der Waals surface area contributed by atoms with Crippen LogP contribution in [0.15, 0.2) is 54.7 Å². The molecule has 1 N–H and O–H groups in total. The lowest BCUT2D eigenvalue weighted by Crippen LogP contribution is -2.43. The van der Waals surface area contributed by atoms with Crippen molar-refractivity contribution >= 4 is 34.6 Å². The highest BCUT2D eigenvalue weighted by atomic mass is 16.6. The lowest BCUT2D eigenvalue weighted by atomic mass is 10.0. The number of hydrogen-bond acceptors (Lipinski definition) is 7. The molecule has 0 fully saturated rings. The number of nitro groups is 1. The highest BCUT2D eigenvalue weighted by molar-refractivity contribution is 5.98. The number of benzene rings is 2. The van der Waals surface area contributed by atoms with Crippen LogP contribution < -0.4 is 5.32 Å². The molecule has 0 bridgehead atoms. The second-order valence-corrected chi connectivity index (χ2v) is 8.58. The van der Waals surface area contributed by atoms with Gasteiger partial charge in [0.25, 0.3) is 11.6 Å². The van der Waals surface area contributed by atoms with Crippen LogP contribution in [-0.4, -0.2) is 46.2 Å². The molecule has 2 aromatic carbocycles. The highest BCUT2D eigenvalue weighted by Crippen LogP contribution is 2.24. The lowest BCUT2D eigenvalue weighted by Gasteiger charge is -2.19. The van der Waals surface area contributed by atoms with Crippen molar-refractivity contribution in [3.63, 3.8) is 0 Å². The number of rotatable bonds is 6. The van der Waals surface area contributed by atoms with Gasteiger partial charge in [-0.15, -0.1) is 0 Å². The van der Waals surface area contributed by atoms with Gasteiger partial charge in [-0.05, 0) is 38.5 Å². The Morgan fingerprint density at radius 3 is 2.47 bits per heavy atom. The molecule has 0 saturated carbocycles. The van der Waals surface area contributed by atoms with E-state index in [1.54, 1.807) is 51.2 Å². The second-order valence-electron chi connectivity index (χ2n) is 8.58. The van der Waals surface area contributed by atoms with E-state index in [1.165, 1.54) is 29.9 Å². The number of carbonyl (C=O) groups excluding carboxylic acids is 3. The molecule has 0 radical (unpaired) electrons. The maximum absolute atomic E-state index is 12.8. The van der Waals surface area contributed by atoms with Gasteiger partial charge in [-0.25, -0.2) is 9.59 Å². The molecule has 0 aliphatic heterocycles. The number of hydrogen-bond donors (Lipinski definition) is 1. The maximum Gasteiger partial charge on any atom is 0.419 e. The summed E-state index contributed by atoms with van der Waals surface area (Å²) in [5.74, 6) is -1.37. The standard InChI is InChI=1S/C24H25N3O7/c1-24(2,3)34-23(30)26-14-16(18-10-5-6-11-20(18)26)13-19(22(29)33-4)25-21(28)15-8-7-9-17(12-15)27(31)32/h5-12,14,19H,13H2,1-4H3,(H,25,28)/t19-/m1/s1. The van der Waals surface area contributed by atoms with Gasteiger partial charge < -0.3 is 14.8 Å². The third-order valence-corrected chi connectivity index (χ3v) is 4.92. The number of fused-ring (bicyclic) bond motifs is 1. The van der Waals surface area contributed by atoms with E-state index in [0.29, 0.717) is 16.5 Å². The molecule has 3 rings (SSSR count). The molecule has 0 saturated heterocycles. The SMILES string of the molecule is COC(=O)[C@@H](Cc1cn(C(=O)OC(C)(C)C)c2ccccc12)NC(=O)c1cccc([N+](=O)[O-])c1. The Balaban J connectivity index is 1.92. The largest absolute Gasteiger partial charge is 0.467 e. The molecule has 1 atom stereocenters. The first-order chi connectivity index (χ1) is 16.0. The smallest absolute Gasteiger partial charge is 0.419 e. The predicted octanol–water partition coefficient (Wildman–Crippen LogP) is 3.85. The Morgan fingerprint density at radius 2 is 1.82 bits per heavy atom. The third-order valence-electron chi connectivity index (χ3n) is 4.92. The highest BCUT2D eigenvalue weighted by Gasteiger charge is 2.27. The number of methoxy groups -OCH3 is 1. The zero-order valence-corrected chi connectivity index (χ0v) is 19.2. The Bertz CT molecular complexity index is 1260. The molecule has 1 aromatic heterocycles. The average molecular weight is 467 g/mol. The number of esters is 1. The van der Waals surface area contributed by atoms with E-state index in [0.717, 1.165) is 6.07 Å². The number of amides is 1. The van der Waals surface area contributed by atoms with Crippen LogP contribution in [0.25, 0.3) is 10.9 Å².